The van der Waals surface area contributed by atoms with Crippen molar-refractivity contribution in [3.05, 3.63) is 34.4 Å². The second-order valence-corrected chi connectivity index (χ2v) is 6.66. The van der Waals surface area contributed by atoms with Crippen LogP contribution in [0.1, 0.15) is 97.1 Å². The average molecular weight is 391 g/mol. The third-order valence-electron chi connectivity index (χ3n) is 3.86. The zero-order valence-electron chi connectivity index (χ0n) is 15.4. The summed E-state index contributed by atoms with van der Waals surface area (Å²) < 4.78 is 0. The standard InChI is InChI=1S/C22H24Cl2O2/c1-3-5-7-9-11-13-17-15-16-19(21(23)25)18(20(17)22(24)26)14-12-10-8-6-4-2/h15-16H,3-10H2,1-2H3. The molecule has 26 heavy (non-hydrogen) atoms. The minimum Gasteiger partial charge on any atom is -0.276 e. The zero-order chi connectivity index (χ0) is 19.4. The third-order valence-corrected chi connectivity index (χ3v) is 4.25. The Labute approximate surface area is 166 Å². The summed E-state index contributed by atoms with van der Waals surface area (Å²) in [6.45, 7) is 4.25. The van der Waals surface area contributed by atoms with Gasteiger partial charge in [-0.15, -0.1) is 0 Å². The Kier molecular flexibility index (Phi) is 10.8. The highest BCUT2D eigenvalue weighted by Gasteiger charge is 2.19. The number of rotatable bonds is 8. The lowest BCUT2D eigenvalue weighted by molar-refractivity contribution is 0.107. The van der Waals surface area contributed by atoms with Crippen molar-refractivity contribution in [3.8, 4) is 23.7 Å². The summed E-state index contributed by atoms with van der Waals surface area (Å²) in [5, 5.41) is -1.34. The molecule has 0 aliphatic rings. The van der Waals surface area contributed by atoms with E-state index >= 15 is 0 Å². The van der Waals surface area contributed by atoms with Gasteiger partial charge in [0.25, 0.3) is 10.5 Å². The van der Waals surface area contributed by atoms with Gasteiger partial charge in [-0.25, -0.2) is 0 Å². The largest absolute Gasteiger partial charge is 0.276 e. The molecule has 0 bridgehead atoms. The number of unbranched alkanes of at least 4 members (excludes halogenated alkanes) is 6. The number of hydrogen-bond acceptors (Lipinski definition) is 2. The third kappa shape index (κ3) is 7.25. The molecule has 0 saturated heterocycles. The van der Waals surface area contributed by atoms with Crippen LogP contribution in [0, 0.1) is 23.7 Å². The van der Waals surface area contributed by atoms with Gasteiger partial charge in [-0.2, -0.15) is 0 Å². The Morgan fingerprint density at radius 2 is 1.42 bits per heavy atom. The molecule has 1 aromatic rings. The molecule has 0 atom stereocenters. The number of benzene rings is 1. The smallest absolute Gasteiger partial charge is 0.254 e. The number of carbonyl (C=O) groups excluding carboxylic acids is 2. The van der Waals surface area contributed by atoms with Gasteiger partial charge >= 0.3 is 0 Å². The summed E-state index contributed by atoms with van der Waals surface area (Å²) in [6, 6.07) is 3.17. The Morgan fingerprint density at radius 3 is 1.92 bits per heavy atom. The molecule has 0 radical (unpaired) electrons. The molecule has 0 heterocycles. The van der Waals surface area contributed by atoms with Gasteiger partial charge in [-0.1, -0.05) is 63.2 Å². The normalized spacial score (nSPS) is 9.69. The van der Waals surface area contributed by atoms with Gasteiger partial charge in [0.2, 0.25) is 0 Å². The van der Waals surface area contributed by atoms with Crippen molar-refractivity contribution in [1.29, 1.82) is 0 Å². The summed E-state index contributed by atoms with van der Waals surface area (Å²) in [6.07, 6.45) is 7.83. The molecule has 4 heteroatoms. The number of halogens is 2. The highest BCUT2D eigenvalue weighted by atomic mass is 35.5. The van der Waals surface area contributed by atoms with Gasteiger partial charge in [0, 0.05) is 24.0 Å². The van der Waals surface area contributed by atoms with Crippen molar-refractivity contribution < 1.29 is 9.59 Å². The fraction of sp³-hybridized carbons (Fsp3) is 0.455. The van der Waals surface area contributed by atoms with Crippen LogP contribution in [-0.2, 0) is 0 Å². The predicted octanol–water partition coefficient (Wildman–Crippen LogP) is 6.31. The quantitative estimate of drug-likeness (QED) is 0.296. The molecule has 1 rings (SSSR count). The number of carbonyl (C=O) groups is 2. The average Bonchev–Trinajstić information content (AvgIpc) is 2.60. The van der Waals surface area contributed by atoms with E-state index < -0.39 is 10.5 Å². The van der Waals surface area contributed by atoms with E-state index in [1.165, 1.54) is 0 Å². The molecule has 0 fully saturated rings. The van der Waals surface area contributed by atoms with Crippen molar-refractivity contribution in [1.82, 2.24) is 0 Å². The van der Waals surface area contributed by atoms with Crippen molar-refractivity contribution in [2.24, 2.45) is 0 Å². The van der Waals surface area contributed by atoms with Crippen LogP contribution in [0.5, 0.6) is 0 Å². The lowest BCUT2D eigenvalue weighted by atomic mass is 9.97. The molecule has 0 amide bonds. The van der Waals surface area contributed by atoms with Crippen molar-refractivity contribution in [2.75, 3.05) is 0 Å². The minimum absolute atomic E-state index is 0.171. The zero-order valence-corrected chi connectivity index (χ0v) is 16.9. The van der Waals surface area contributed by atoms with Crippen LogP contribution in [-0.4, -0.2) is 10.5 Å². The molecular formula is C22H24Cl2O2. The van der Waals surface area contributed by atoms with Crippen LogP contribution in [0.3, 0.4) is 0 Å². The highest BCUT2D eigenvalue weighted by molar-refractivity contribution is 6.69. The van der Waals surface area contributed by atoms with E-state index in [0.717, 1.165) is 44.9 Å². The van der Waals surface area contributed by atoms with Crippen LogP contribution in [0.25, 0.3) is 0 Å². The van der Waals surface area contributed by atoms with Gasteiger partial charge in [0.1, 0.15) is 0 Å². The second-order valence-electron chi connectivity index (χ2n) is 5.98. The first-order valence-corrected chi connectivity index (χ1v) is 9.82. The van der Waals surface area contributed by atoms with Crippen LogP contribution in [0.4, 0.5) is 0 Å². The van der Waals surface area contributed by atoms with Crippen LogP contribution >= 0.6 is 23.2 Å². The SMILES string of the molecule is CCCCCC#Cc1ccc(C(=O)Cl)c(C#CCCCCC)c1C(=O)Cl. The maximum absolute atomic E-state index is 12.0. The Balaban J connectivity index is 3.26. The van der Waals surface area contributed by atoms with Crippen LogP contribution < -0.4 is 0 Å². The van der Waals surface area contributed by atoms with Gasteiger partial charge in [0.05, 0.1) is 11.1 Å². The van der Waals surface area contributed by atoms with Gasteiger partial charge < -0.3 is 0 Å². The molecule has 0 N–H and O–H groups in total. The van der Waals surface area contributed by atoms with Crippen molar-refractivity contribution in [3.63, 3.8) is 0 Å². The lowest BCUT2D eigenvalue weighted by Gasteiger charge is -2.07. The summed E-state index contributed by atoms with van der Waals surface area (Å²) in [5.41, 5.74) is 1.13. The molecular weight excluding hydrogens is 367 g/mol. The van der Waals surface area contributed by atoms with Gasteiger partial charge in [0.15, 0.2) is 0 Å². The van der Waals surface area contributed by atoms with E-state index in [9.17, 15) is 9.59 Å². The monoisotopic (exact) mass is 390 g/mol. The molecule has 0 aliphatic heterocycles. The van der Waals surface area contributed by atoms with E-state index in [1.54, 1.807) is 12.1 Å². The molecule has 138 valence electrons. The number of hydrogen-bond donors (Lipinski definition) is 0. The summed E-state index contributed by atoms with van der Waals surface area (Å²) in [4.78, 5) is 23.7. The molecule has 0 aromatic heterocycles. The van der Waals surface area contributed by atoms with E-state index in [0.29, 0.717) is 12.0 Å². The van der Waals surface area contributed by atoms with Crippen molar-refractivity contribution in [2.45, 2.75) is 65.2 Å². The van der Waals surface area contributed by atoms with E-state index in [1.807, 2.05) is 0 Å². The van der Waals surface area contributed by atoms with Gasteiger partial charge in [-0.3, -0.25) is 9.59 Å². The van der Waals surface area contributed by atoms with E-state index in [-0.39, 0.29) is 16.7 Å². The minimum atomic E-state index is -0.680. The molecule has 0 spiro atoms. The van der Waals surface area contributed by atoms with Crippen molar-refractivity contribution >= 4 is 33.7 Å². The summed E-state index contributed by atoms with van der Waals surface area (Å²) in [5.74, 6) is 12.0. The van der Waals surface area contributed by atoms with Gasteiger partial charge in [-0.05, 0) is 48.2 Å². The first kappa shape index (κ1) is 22.3. The second kappa shape index (κ2) is 12.6. The molecule has 0 unspecified atom stereocenters. The molecule has 0 saturated carbocycles. The molecule has 0 aliphatic carbocycles. The summed E-state index contributed by atoms with van der Waals surface area (Å²) >= 11 is 11.5. The van der Waals surface area contributed by atoms with E-state index in [4.69, 9.17) is 23.2 Å². The highest BCUT2D eigenvalue weighted by Crippen LogP contribution is 2.22. The maximum Gasteiger partial charge on any atom is 0.254 e. The topological polar surface area (TPSA) is 34.1 Å². The Morgan fingerprint density at radius 1 is 0.846 bits per heavy atom. The first-order valence-electron chi connectivity index (χ1n) is 9.07. The fourth-order valence-corrected chi connectivity index (χ4v) is 2.79. The lowest BCUT2D eigenvalue weighted by Crippen LogP contribution is -2.05. The predicted molar refractivity (Wildman–Crippen MR) is 109 cm³/mol. The first-order chi connectivity index (χ1) is 12.5. The van der Waals surface area contributed by atoms with Crippen LogP contribution in [0.2, 0.25) is 0 Å². The van der Waals surface area contributed by atoms with Crippen LogP contribution in [0.15, 0.2) is 12.1 Å². The summed E-state index contributed by atoms with van der Waals surface area (Å²) in [7, 11) is 0. The Bertz CT molecular complexity index is 758. The van der Waals surface area contributed by atoms with E-state index in [2.05, 4.69) is 37.5 Å². The molecule has 2 nitrogen and oxygen atoms in total. The Hall–Kier alpha value is -1.74. The molecule has 1 aromatic carbocycles. The maximum atomic E-state index is 12.0. The fourth-order valence-electron chi connectivity index (χ4n) is 2.44.